The quantitative estimate of drug-likeness (QED) is 0.701. The summed E-state index contributed by atoms with van der Waals surface area (Å²) in [5.41, 5.74) is 0. The van der Waals surface area contributed by atoms with Crippen molar-refractivity contribution in [2.24, 2.45) is 17.8 Å². The molecule has 0 aliphatic heterocycles. The maximum Gasteiger partial charge on any atom is 0.310 e. The fourth-order valence-corrected chi connectivity index (χ4v) is 2.66. The Bertz CT molecular complexity index is 353. The molecule has 0 aromatic heterocycles. The Morgan fingerprint density at radius 1 is 0.952 bits per heavy atom. The monoisotopic (exact) mass is 298 g/mol. The maximum absolute atomic E-state index is 12.4. The molecule has 5 unspecified atom stereocenters. The van der Waals surface area contributed by atoms with E-state index in [1.54, 1.807) is 0 Å². The highest BCUT2D eigenvalue weighted by Crippen LogP contribution is 2.36. The Morgan fingerprint density at radius 2 is 1.43 bits per heavy atom. The molecule has 0 radical (unpaired) electrons. The van der Waals surface area contributed by atoms with Gasteiger partial charge in [0.2, 0.25) is 0 Å². The van der Waals surface area contributed by atoms with Crippen LogP contribution in [-0.2, 0) is 19.1 Å². The number of ether oxygens (including phenoxy) is 2. The van der Waals surface area contributed by atoms with Gasteiger partial charge < -0.3 is 9.47 Å². The topological polar surface area (TPSA) is 52.6 Å². The van der Waals surface area contributed by atoms with Crippen LogP contribution in [0, 0.1) is 17.8 Å². The molecule has 0 amide bonds. The normalized spacial score (nSPS) is 28.5. The first-order chi connectivity index (χ1) is 9.88. The van der Waals surface area contributed by atoms with Gasteiger partial charge in [-0.05, 0) is 51.9 Å². The van der Waals surface area contributed by atoms with E-state index in [0.717, 1.165) is 32.1 Å². The molecule has 1 fully saturated rings. The zero-order chi connectivity index (χ0) is 16.0. The molecular formula is C17H30O4. The molecule has 4 heteroatoms. The minimum atomic E-state index is -0.348. The molecule has 0 heterocycles. The molecule has 0 bridgehead atoms. The van der Waals surface area contributed by atoms with E-state index in [9.17, 15) is 9.59 Å². The van der Waals surface area contributed by atoms with Crippen LogP contribution in [0.3, 0.4) is 0 Å². The minimum absolute atomic E-state index is 0.0944. The van der Waals surface area contributed by atoms with Gasteiger partial charge in [0.25, 0.3) is 0 Å². The summed E-state index contributed by atoms with van der Waals surface area (Å²) in [7, 11) is 0. The van der Waals surface area contributed by atoms with Crippen LogP contribution < -0.4 is 0 Å². The van der Waals surface area contributed by atoms with Crippen LogP contribution in [0.4, 0.5) is 0 Å². The third-order valence-corrected chi connectivity index (χ3v) is 4.50. The third-order valence-electron chi connectivity index (χ3n) is 4.50. The van der Waals surface area contributed by atoms with Gasteiger partial charge in [-0.3, -0.25) is 9.59 Å². The van der Waals surface area contributed by atoms with Crippen molar-refractivity contribution in [2.75, 3.05) is 0 Å². The van der Waals surface area contributed by atoms with Gasteiger partial charge in [0, 0.05) is 0 Å². The number of carbonyl (C=O) groups excluding carboxylic acids is 2. The average Bonchev–Trinajstić information content (AvgIpc) is 2.46. The van der Waals surface area contributed by atoms with Crippen molar-refractivity contribution < 1.29 is 19.1 Å². The first-order valence-electron chi connectivity index (χ1n) is 8.29. The minimum Gasteiger partial charge on any atom is -0.462 e. The highest BCUT2D eigenvalue weighted by Gasteiger charge is 2.40. The molecule has 4 nitrogen and oxygen atoms in total. The molecule has 0 saturated heterocycles. The van der Waals surface area contributed by atoms with E-state index in [4.69, 9.17) is 9.47 Å². The van der Waals surface area contributed by atoms with Crippen molar-refractivity contribution in [3.8, 4) is 0 Å². The van der Waals surface area contributed by atoms with Gasteiger partial charge in [-0.25, -0.2) is 0 Å². The van der Waals surface area contributed by atoms with Gasteiger partial charge in [0.15, 0.2) is 0 Å². The van der Waals surface area contributed by atoms with Crippen molar-refractivity contribution >= 4 is 11.9 Å². The molecule has 0 aromatic rings. The van der Waals surface area contributed by atoms with E-state index < -0.39 is 0 Å². The molecule has 5 atom stereocenters. The molecule has 21 heavy (non-hydrogen) atoms. The highest BCUT2D eigenvalue weighted by molar-refractivity contribution is 5.82. The second-order valence-electron chi connectivity index (χ2n) is 6.44. The molecule has 0 aromatic carbocycles. The summed E-state index contributed by atoms with van der Waals surface area (Å²) in [4.78, 5) is 24.7. The highest BCUT2D eigenvalue weighted by atomic mass is 16.6. The van der Waals surface area contributed by atoms with Crippen molar-refractivity contribution in [2.45, 2.75) is 78.9 Å². The first kappa shape index (κ1) is 18.0. The SMILES string of the molecule is CCC(C)OC(=O)C1CCC(C)CC1C(=O)OC(C)CC. The van der Waals surface area contributed by atoms with Gasteiger partial charge in [0.05, 0.1) is 24.0 Å². The summed E-state index contributed by atoms with van der Waals surface area (Å²) < 4.78 is 10.9. The molecule has 1 aliphatic rings. The van der Waals surface area contributed by atoms with Crippen molar-refractivity contribution in [3.05, 3.63) is 0 Å². The Hall–Kier alpha value is -1.06. The van der Waals surface area contributed by atoms with Crippen LogP contribution >= 0.6 is 0 Å². The summed E-state index contributed by atoms with van der Waals surface area (Å²) in [6, 6.07) is 0. The first-order valence-corrected chi connectivity index (χ1v) is 8.29. The molecule has 0 spiro atoms. The largest absolute Gasteiger partial charge is 0.462 e. The van der Waals surface area contributed by atoms with E-state index in [0.29, 0.717) is 5.92 Å². The molecule has 1 saturated carbocycles. The lowest BCUT2D eigenvalue weighted by Crippen LogP contribution is -2.38. The van der Waals surface area contributed by atoms with Crippen LogP contribution in [0.15, 0.2) is 0 Å². The molecular weight excluding hydrogens is 268 g/mol. The summed E-state index contributed by atoms with van der Waals surface area (Å²) in [6.07, 6.45) is 3.79. The molecule has 1 aliphatic carbocycles. The molecule has 0 N–H and O–H groups in total. The van der Waals surface area contributed by atoms with Crippen LogP contribution in [0.5, 0.6) is 0 Å². The smallest absolute Gasteiger partial charge is 0.310 e. The number of esters is 2. The van der Waals surface area contributed by atoms with E-state index in [1.165, 1.54) is 0 Å². The summed E-state index contributed by atoms with van der Waals surface area (Å²) >= 11 is 0. The predicted molar refractivity (Wildman–Crippen MR) is 81.7 cm³/mol. The lowest BCUT2D eigenvalue weighted by atomic mass is 9.74. The van der Waals surface area contributed by atoms with E-state index in [2.05, 4.69) is 6.92 Å². The van der Waals surface area contributed by atoms with E-state index in [-0.39, 0.29) is 36.0 Å². The fraction of sp³-hybridized carbons (Fsp3) is 0.882. The van der Waals surface area contributed by atoms with Gasteiger partial charge in [-0.15, -0.1) is 0 Å². The third kappa shape index (κ3) is 5.33. The Balaban J connectivity index is 2.74. The second-order valence-corrected chi connectivity index (χ2v) is 6.44. The van der Waals surface area contributed by atoms with Crippen LogP contribution in [-0.4, -0.2) is 24.1 Å². The van der Waals surface area contributed by atoms with Gasteiger partial charge >= 0.3 is 11.9 Å². The molecule has 122 valence electrons. The van der Waals surface area contributed by atoms with Crippen LogP contribution in [0.2, 0.25) is 0 Å². The lowest BCUT2D eigenvalue weighted by Gasteiger charge is -2.33. The average molecular weight is 298 g/mol. The predicted octanol–water partition coefficient (Wildman–Crippen LogP) is 3.72. The van der Waals surface area contributed by atoms with Crippen molar-refractivity contribution in [3.63, 3.8) is 0 Å². The molecule has 1 rings (SSSR count). The Morgan fingerprint density at radius 3 is 1.90 bits per heavy atom. The fourth-order valence-electron chi connectivity index (χ4n) is 2.66. The van der Waals surface area contributed by atoms with E-state index in [1.807, 2.05) is 27.7 Å². The van der Waals surface area contributed by atoms with Crippen LogP contribution in [0.1, 0.15) is 66.7 Å². The second kappa shape index (κ2) is 8.40. The maximum atomic E-state index is 12.4. The van der Waals surface area contributed by atoms with E-state index >= 15 is 0 Å². The van der Waals surface area contributed by atoms with Gasteiger partial charge in [-0.1, -0.05) is 20.8 Å². The van der Waals surface area contributed by atoms with Gasteiger partial charge in [0.1, 0.15) is 0 Å². The van der Waals surface area contributed by atoms with Gasteiger partial charge in [-0.2, -0.15) is 0 Å². The summed E-state index contributed by atoms with van der Waals surface area (Å²) in [6.45, 7) is 9.86. The standard InChI is InChI=1S/C17H30O4/c1-6-12(4)20-16(18)14-9-8-11(3)10-15(14)17(19)21-13(5)7-2/h11-15H,6-10H2,1-5H3. The summed E-state index contributed by atoms with van der Waals surface area (Å²) in [5, 5.41) is 0. The number of rotatable bonds is 6. The Kier molecular flexibility index (Phi) is 7.20. The van der Waals surface area contributed by atoms with Crippen molar-refractivity contribution in [1.82, 2.24) is 0 Å². The number of hydrogen-bond donors (Lipinski definition) is 0. The van der Waals surface area contributed by atoms with Crippen LogP contribution in [0.25, 0.3) is 0 Å². The summed E-state index contributed by atoms with van der Waals surface area (Å²) in [5.74, 6) is -0.706. The zero-order valence-corrected chi connectivity index (χ0v) is 14.1. The zero-order valence-electron chi connectivity index (χ0n) is 14.1. The van der Waals surface area contributed by atoms with Crippen molar-refractivity contribution in [1.29, 1.82) is 0 Å². The Labute approximate surface area is 128 Å². The number of carbonyl (C=O) groups is 2. The number of hydrogen-bond acceptors (Lipinski definition) is 4. The lowest BCUT2D eigenvalue weighted by molar-refractivity contribution is -0.169.